The number of carboxylic acids is 1. The maximum absolute atomic E-state index is 10.9. The monoisotopic (exact) mass is 326 g/mol. The highest BCUT2D eigenvalue weighted by Gasteiger charge is 2.07. The van der Waals surface area contributed by atoms with Gasteiger partial charge in [0.15, 0.2) is 0 Å². The first-order chi connectivity index (χ1) is 8.54. The van der Waals surface area contributed by atoms with Gasteiger partial charge in [-0.25, -0.2) is 4.79 Å². The van der Waals surface area contributed by atoms with Gasteiger partial charge in [-0.2, -0.15) is 0 Å². The summed E-state index contributed by atoms with van der Waals surface area (Å²) in [5.74, 6) is -0.0202. The van der Waals surface area contributed by atoms with Gasteiger partial charge >= 0.3 is 5.97 Å². The van der Waals surface area contributed by atoms with E-state index < -0.39 is 5.97 Å². The summed E-state index contributed by atoms with van der Waals surface area (Å²) in [4.78, 5) is 10.9. The van der Waals surface area contributed by atoms with Gasteiger partial charge in [0.25, 0.3) is 0 Å². The van der Waals surface area contributed by atoms with Crippen LogP contribution in [0.4, 0.5) is 0 Å². The van der Waals surface area contributed by atoms with Gasteiger partial charge in [0.1, 0.15) is 11.5 Å². The van der Waals surface area contributed by atoms with Crippen molar-refractivity contribution in [3.05, 3.63) is 57.5 Å². The fourth-order valence-corrected chi connectivity index (χ4v) is 2.06. The van der Waals surface area contributed by atoms with Crippen LogP contribution in [0.2, 0.25) is 5.02 Å². The first kappa shape index (κ1) is 12.9. The van der Waals surface area contributed by atoms with Crippen LogP contribution in [0.5, 0.6) is 11.5 Å². The van der Waals surface area contributed by atoms with Gasteiger partial charge in [-0.15, -0.1) is 0 Å². The number of hydrogen-bond donors (Lipinski definition) is 1. The average Bonchev–Trinajstić information content (AvgIpc) is 2.28. The lowest BCUT2D eigenvalue weighted by atomic mass is 10.2. The summed E-state index contributed by atoms with van der Waals surface area (Å²) < 4.78 is 6.19. The van der Waals surface area contributed by atoms with Crippen molar-refractivity contribution in [2.24, 2.45) is 0 Å². The van der Waals surface area contributed by atoms with E-state index in [1.54, 1.807) is 30.3 Å². The molecule has 0 unspecified atom stereocenters. The molecule has 18 heavy (non-hydrogen) atoms. The number of hydrogen-bond acceptors (Lipinski definition) is 2. The summed E-state index contributed by atoms with van der Waals surface area (Å²) in [7, 11) is 0. The highest BCUT2D eigenvalue weighted by Crippen LogP contribution is 2.27. The Morgan fingerprint density at radius 3 is 2.61 bits per heavy atom. The molecule has 2 rings (SSSR count). The minimum atomic E-state index is -1.01. The van der Waals surface area contributed by atoms with Gasteiger partial charge < -0.3 is 9.84 Å². The molecular weight excluding hydrogens is 319 g/mol. The van der Waals surface area contributed by atoms with Gasteiger partial charge in [0.2, 0.25) is 0 Å². The third-order valence-corrected chi connectivity index (χ3v) is 2.84. The van der Waals surface area contributed by atoms with Crippen LogP contribution < -0.4 is 4.74 Å². The second kappa shape index (κ2) is 5.42. The van der Waals surface area contributed by atoms with Gasteiger partial charge in [-0.05, 0) is 36.4 Å². The molecule has 0 atom stereocenters. The third kappa shape index (κ3) is 3.24. The largest absolute Gasteiger partial charge is 0.478 e. The molecule has 5 heteroatoms. The Morgan fingerprint density at radius 2 is 1.94 bits per heavy atom. The Morgan fingerprint density at radius 1 is 1.17 bits per heavy atom. The Hall–Kier alpha value is -1.52. The lowest BCUT2D eigenvalue weighted by molar-refractivity contribution is 0.0696. The number of carboxylic acid groups (broad SMARTS) is 1. The Bertz CT molecular complexity index is 599. The van der Waals surface area contributed by atoms with Crippen molar-refractivity contribution in [3.8, 4) is 11.5 Å². The first-order valence-corrected chi connectivity index (χ1v) is 6.19. The average molecular weight is 328 g/mol. The van der Waals surface area contributed by atoms with Crippen molar-refractivity contribution in [2.75, 3.05) is 0 Å². The molecule has 0 amide bonds. The maximum Gasteiger partial charge on any atom is 0.335 e. The Labute approximate surface area is 117 Å². The van der Waals surface area contributed by atoms with E-state index in [1.807, 2.05) is 0 Å². The standard InChI is InChI=1S/C13H8BrClO3/c14-9-4-8(13(16)17)5-12(6-9)18-11-3-1-2-10(15)7-11/h1-7H,(H,16,17). The van der Waals surface area contributed by atoms with Crippen LogP contribution in [0.1, 0.15) is 10.4 Å². The van der Waals surface area contributed by atoms with Crippen molar-refractivity contribution in [1.82, 2.24) is 0 Å². The lowest BCUT2D eigenvalue weighted by Crippen LogP contribution is -1.96. The van der Waals surface area contributed by atoms with Crippen LogP contribution >= 0.6 is 27.5 Å². The van der Waals surface area contributed by atoms with E-state index >= 15 is 0 Å². The zero-order chi connectivity index (χ0) is 13.1. The molecule has 0 aliphatic carbocycles. The Kier molecular flexibility index (Phi) is 3.89. The normalized spacial score (nSPS) is 10.1. The van der Waals surface area contributed by atoms with Gasteiger partial charge in [-0.3, -0.25) is 0 Å². The summed E-state index contributed by atoms with van der Waals surface area (Å²) in [6.45, 7) is 0. The molecule has 2 aromatic carbocycles. The van der Waals surface area contributed by atoms with Crippen molar-refractivity contribution in [1.29, 1.82) is 0 Å². The molecule has 92 valence electrons. The molecule has 0 saturated carbocycles. The van der Waals surface area contributed by atoms with Crippen molar-refractivity contribution in [3.63, 3.8) is 0 Å². The lowest BCUT2D eigenvalue weighted by Gasteiger charge is -2.07. The van der Waals surface area contributed by atoms with Crippen molar-refractivity contribution >= 4 is 33.5 Å². The van der Waals surface area contributed by atoms with E-state index in [9.17, 15) is 4.79 Å². The second-order valence-electron chi connectivity index (χ2n) is 3.54. The first-order valence-electron chi connectivity index (χ1n) is 5.02. The second-order valence-corrected chi connectivity index (χ2v) is 4.89. The molecule has 0 heterocycles. The molecular formula is C13H8BrClO3. The van der Waals surface area contributed by atoms with E-state index in [4.69, 9.17) is 21.4 Å². The van der Waals surface area contributed by atoms with Crippen LogP contribution in [-0.4, -0.2) is 11.1 Å². The van der Waals surface area contributed by atoms with Crippen LogP contribution in [-0.2, 0) is 0 Å². The predicted octanol–water partition coefficient (Wildman–Crippen LogP) is 4.59. The van der Waals surface area contributed by atoms with Gasteiger partial charge in [-0.1, -0.05) is 33.6 Å². The molecule has 1 N–H and O–H groups in total. The topological polar surface area (TPSA) is 46.5 Å². The molecule has 3 nitrogen and oxygen atoms in total. The number of rotatable bonds is 3. The molecule has 0 radical (unpaired) electrons. The van der Waals surface area contributed by atoms with E-state index in [0.717, 1.165) is 0 Å². The fraction of sp³-hybridized carbons (Fsp3) is 0. The quantitative estimate of drug-likeness (QED) is 0.896. The van der Waals surface area contributed by atoms with E-state index in [2.05, 4.69) is 15.9 Å². The van der Waals surface area contributed by atoms with E-state index in [-0.39, 0.29) is 5.56 Å². The molecule has 0 bridgehead atoms. The molecule has 0 saturated heterocycles. The molecule has 0 fully saturated rings. The molecule has 0 aliphatic rings. The summed E-state index contributed by atoms with van der Waals surface area (Å²) in [6, 6.07) is 11.5. The highest BCUT2D eigenvalue weighted by atomic mass is 79.9. The summed E-state index contributed by atoms with van der Waals surface area (Å²) >= 11 is 9.08. The van der Waals surface area contributed by atoms with Crippen LogP contribution in [0.15, 0.2) is 46.9 Å². The predicted molar refractivity (Wildman–Crippen MR) is 72.6 cm³/mol. The highest BCUT2D eigenvalue weighted by molar-refractivity contribution is 9.10. The van der Waals surface area contributed by atoms with Crippen molar-refractivity contribution in [2.45, 2.75) is 0 Å². The summed E-state index contributed by atoms with van der Waals surface area (Å²) in [5.41, 5.74) is 0.154. The van der Waals surface area contributed by atoms with Gasteiger partial charge in [0, 0.05) is 9.50 Å². The third-order valence-electron chi connectivity index (χ3n) is 2.15. The number of carbonyl (C=O) groups is 1. The number of aromatic carboxylic acids is 1. The van der Waals surface area contributed by atoms with Crippen LogP contribution in [0.25, 0.3) is 0 Å². The molecule has 0 spiro atoms. The summed E-state index contributed by atoms with van der Waals surface area (Å²) in [6.07, 6.45) is 0. The zero-order valence-electron chi connectivity index (χ0n) is 9.06. The molecule has 0 aliphatic heterocycles. The van der Waals surface area contributed by atoms with Crippen molar-refractivity contribution < 1.29 is 14.6 Å². The zero-order valence-corrected chi connectivity index (χ0v) is 11.4. The minimum absolute atomic E-state index is 0.154. The van der Waals surface area contributed by atoms with E-state index in [0.29, 0.717) is 21.0 Å². The summed E-state index contributed by atoms with van der Waals surface area (Å²) in [5, 5.41) is 9.50. The van der Waals surface area contributed by atoms with Crippen LogP contribution in [0, 0.1) is 0 Å². The fourth-order valence-electron chi connectivity index (χ4n) is 1.41. The molecule has 0 aromatic heterocycles. The van der Waals surface area contributed by atoms with E-state index in [1.165, 1.54) is 12.1 Å². The number of ether oxygens (including phenoxy) is 1. The molecule has 2 aromatic rings. The minimum Gasteiger partial charge on any atom is -0.478 e. The number of benzene rings is 2. The number of halogens is 2. The van der Waals surface area contributed by atoms with Crippen LogP contribution in [0.3, 0.4) is 0 Å². The SMILES string of the molecule is O=C(O)c1cc(Br)cc(Oc2cccc(Cl)c2)c1. The maximum atomic E-state index is 10.9. The smallest absolute Gasteiger partial charge is 0.335 e. The Balaban J connectivity index is 2.31. The van der Waals surface area contributed by atoms with Gasteiger partial charge in [0.05, 0.1) is 5.56 Å².